The molecule has 0 radical (unpaired) electrons. The van der Waals surface area contributed by atoms with E-state index in [1.54, 1.807) is 6.08 Å². The minimum absolute atomic E-state index is 0.144. The molecule has 2 amide bonds. The van der Waals surface area contributed by atoms with Gasteiger partial charge in [0, 0.05) is 32.6 Å². The van der Waals surface area contributed by atoms with E-state index >= 15 is 0 Å². The second-order valence-electron chi connectivity index (χ2n) is 9.52. The van der Waals surface area contributed by atoms with Gasteiger partial charge in [0.25, 0.3) is 5.91 Å². The highest BCUT2D eigenvalue weighted by molar-refractivity contribution is 7.89. The van der Waals surface area contributed by atoms with E-state index in [9.17, 15) is 18.0 Å². The monoisotopic (exact) mass is 577 g/mol. The summed E-state index contributed by atoms with van der Waals surface area (Å²) in [4.78, 5) is 28.6. The first-order valence-corrected chi connectivity index (χ1v) is 14.9. The molecule has 0 bridgehead atoms. The van der Waals surface area contributed by atoms with Crippen molar-refractivity contribution in [3.05, 3.63) is 109 Å². The summed E-state index contributed by atoms with van der Waals surface area (Å²) in [5.41, 5.74) is 1.78. The van der Waals surface area contributed by atoms with E-state index in [2.05, 4.69) is 11.9 Å². The summed E-state index contributed by atoms with van der Waals surface area (Å²) in [5, 5.41) is 2.83. The number of rotatable bonds is 13. The average Bonchev–Trinajstić information content (AvgIpc) is 3.02. The number of nitrogens with zero attached hydrogens (tertiary/aromatic N) is 2. The molecule has 4 rings (SSSR count). The number of amides is 2. The van der Waals surface area contributed by atoms with Crippen molar-refractivity contribution in [3.63, 3.8) is 0 Å². The van der Waals surface area contributed by atoms with Crippen LogP contribution in [0.5, 0.6) is 5.75 Å². The van der Waals surface area contributed by atoms with Gasteiger partial charge in [0.2, 0.25) is 15.9 Å². The van der Waals surface area contributed by atoms with Crippen molar-refractivity contribution >= 4 is 21.8 Å². The lowest BCUT2D eigenvalue weighted by Crippen LogP contribution is -2.51. The molecule has 1 atom stereocenters. The van der Waals surface area contributed by atoms with Crippen LogP contribution in [-0.2, 0) is 37.3 Å². The molecule has 1 aliphatic heterocycles. The topological polar surface area (TPSA) is 105 Å². The quantitative estimate of drug-likeness (QED) is 0.313. The zero-order valence-corrected chi connectivity index (χ0v) is 23.7. The smallest absolute Gasteiger partial charge is 0.261 e. The molecule has 9 nitrogen and oxygen atoms in total. The van der Waals surface area contributed by atoms with Gasteiger partial charge in [-0.15, -0.1) is 6.58 Å². The molecule has 3 aromatic carbocycles. The number of ether oxygens (including phenoxy) is 2. The fourth-order valence-electron chi connectivity index (χ4n) is 4.50. The Balaban J connectivity index is 1.52. The van der Waals surface area contributed by atoms with Crippen molar-refractivity contribution in [2.45, 2.75) is 23.9 Å². The highest BCUT2D eigenvalue weighted by Crippen LogP contribution is 2.21. The Bertz CT molecular complexity index is 1390. The van der Waals surface area contributed by atoms with Crippen LogP contribution in [0, 0.1) is 0 Å². The fraction of sp³-hybridized carbons (Fsp3) is 0.290. The molecule has 1 fully saturated rings. The molecule has 216 valence electrons. The van der Waals surface area contributed by atoms with Crippen LogP contribution in [0.1, 0.15) is 11.1 Å². The minimum atomic E-state index is -3.65. The van der Waals surface area contributed by atoms with Crippen LogP contribution in [-0.4, -0.2) is 74.9 Å². The second kappa shape index (κ2) is 14.6. The zero-order chi connectivity index (χ0) is 29.1. The number of nitrogens with one attached hydrogen (secondary N) is 1. The first-order valence-electron chi connectivity index (χ1n) is 13.4. The van der Waals surface area contributed by atoms with Gasteiger partial charge >= 0.3 is 0 Å². The maximum Gasteiger partial charge on any atom is 0.261 e. The van der Waals surface area contributed by atoms with E-state index in [0.29, 0.717) is 38.5 Å². The van der Waals surface area contributed by atoms with Crippen molar-refractivity contribution in [2.24, 2.45) is 0 Å². The van der Waals surface area contributed by atoms with E-state index in [4.69, 9.17) is 9.47 Å². The lowest BCUT2D eigenvalue weighted by atomic mass is 10.0. The average molecular weight is 578 g/mol. The molecule has 0 saturated carbocycles. The van der Waals surface area contributed by atoms with Gasteiger partial charge in [-0.2, -0.15) is 4.31 Å². The van der Waals surface area contributed by atoms with Gasteiger partial charge in [0.05, 0.1) is 18.1 Å². The van der Waals surface area contributed by atoms with Crippen molar-refractivity contribution in [2.75, 3.05) is 39.5 Å². The number of carbonyl (C=O) groups excluding carboxylic acids is 2. The molecule has 1 heterocycles. The largest absolute Gasteiger partial charge is 0.484 e. The van der Waals surface area contributed by atoms with E-state index < -0.39 is 16.1 Å². The van der Waals surface area contributed by atoms with Gasteiger partial charge in [0.1, 0.15) is 11.8 Å². The van der Waals surface area contributed by atoms with Crippen LogP contribution < -0.4 is 10.1 Å². The summed E-state index contributed by atoms with van der Waals surface area (Å²) < 4.78 is 38.3. The van der Waals surface area contributed by atoms with E-state index in [-0.39, 0.29) is 36.4 Å². The summed E-state index contributed by atoms with van der Waals surface area (Å²) in [6.45, 7) is 5.15. The highest BCUT2D eigenvalue weighted by Gasteiger charge is 2.31. The summed E-state index contributed by atoms with van der Waals surface area (Å²) in [6.07, 6.45) is 1.91. The van der Waals surface area contributed by atoms with Gasteiger partial charge in [-0.3, -0.25) is 9.59 Å². The first-order chi connectivity index (χ1) is 19.9. The van der Waals surface area contributed by atoms with Crippen molar-refractivity contribution in [1.29, 1.82) is 0 Å². The predicted octanol–water partition coefficient (Wildman–Crippen LogP) is 3.03. The second-order valence-corrected chi connectivity index (χ2v) is 11.5. The SMILES string of the molecule is C=CCNC(=O)C(Cc1ccccc1)N(Cc1ccccc1)C(=O)COc1ccc(S(=O)(=O)N2CCOCC2)cc1. The van der Waals surface area contributed by atoms with Crippen LogP contribution in [0.25, 0.3) is 0 Å². The van der Waals surface area contributed by atoms with Crippen LogP contribution in [0.3, 0.4) is 0 Å². The molecule has 1 unspecified atom stereocenters. The lowest BCUT2D eigenvalue weighted by molar-refractivity contribution is -0.142. The van der Waals surface area contributed by atoms with Gasteiger partial charge < -0.3 is 19.7 Å². The molecule has 1 N–H and O–H groups in total. The third-order valence-electron chi connectivity index (χ3n) is 6.68. The number of carbonyl (C=O) groups is 2. The predicted molar refractivity (Wildman–Crippen MR) is 156 cm³/mol. The van der Waals surface area contributed by atoms with Crippen molar-refractivity contribution in [1.82, 2.24) is 14.5 Å². The Hall–Kier alpha value is -3.99. The molecular formula is C31H35N3O6S. The summed E-state index contributed by atoms with van der Waals surface area (Å²) in [7, 11) is -3.65. The first kappa shape index (κ1) is 30.0. The zero-order valence-electron chi connectivity index (χ0n) is 22.9. The van der Waals surface area contributed by atoms with Crippen LogP contribution in [0.2, 0.25) is 0 Å². The molecule has 1 aliphatic rings. The van der Waals surface area contributed by atoms with E-state index in [0.717, 1.165) is 11.1 Å². The summed E-state index contributed by atoms with van der Waals surface area (Å²) in [6, 6.07) is 24.2. The summed E-state index contributed by atoms with van der Waals surface area (Å²) in [5.74, 6) is -0.334. The maximum atomic E-state index is 13.6. The Morgan fingerprint density at radius 3 is 2.17 bits per heavy atom. The third kappa shape index (κ3) is 8.26. The Labute approximate surface area is 241 Å². The third-order valence-corrected chi connectivity index (χ3v) is 8.59. The minimum Gasteiger partial charge on any atom is -0.484 e. The van der Waals surface area contributed by atoms with Gasteiger partial charge in [-0.05, 0) is 35.4 Å². The Morgan fingerprint density at radius 2 is 1.56 bits per heavy atom. The van der Waals surface area contributed by atoms with Crippen LogP contribution >= 0.6 is 0 Å². The molecule has 0 aliphatic carbocycles. The molecule has 0 aromatic heterocycles. The molecule has 41 heavy (non-hydrogen) atoms. The Morgan fingerprint density at radius 1 is 0.951 bits per heavy atom. The number of morpholine rings is 1. The fourth-order valence-corrected chi connectivity index (χ4v) is 5.90. The maximum absolute atomic E-state index is 13.6. The molecular weight excluding hydrogens is 542 g/mol. The summed E-state index contributed by atoms with van der Waals surface area (Å²) >= 11 is 0. The number of sulfonamides is 1. The molecule has 10 heteroatoms. The van der Waals surface area contributed by atoms with Crippen molar-refractivity contribution in [3.8, 4) is 5.75 Å². The number of hydrogen-bond donors (Lipinski definition) is 1. The van der Waals surface area contributed by atoms with E-state index in [1.165, 1.54) is 33.5 Å². The van der Waals surface area contributed by atoms with Crippen LogP contribution in [0.15, 0.2) is 102 Å². The van der Waals surface area contributed by atoms with Gasteiger partial charge in [-0.1, -0.05) is 66.7 Å². The van der Waals surface area contributed by atoms with Crippen LogP contribution in [0.4, 0.5) is 0 Å². The molecule has 1 saturated heterocycles. The normalized spacial score (nSPS) is 14.5. The molecule has 3 aromatic rings. The highest BCUT2D eigenvalue weighted by atomic mass is 32.2. The van der Waals surface area contributed by atoms with E-state index in [1.807, 2.05) is 60.7 Å². The van der Waals surface area contributed by atoms with Crippen molar-refractivity contribution < 1.29 is 27.5 Å². The number of benzene rings is 3. The molecule has 0 spiro atoms. The van der Waals surface area contributed by atoms with Gasteiger partial charge in [0.15, 0.2) is 6.61 Å². The lowest BCUT2D eigenvalue weighted by Gasteiger charge is -2.31. The standard InChI is InChI=1S/C31H35N3O6S/c1-2-17-32-31(36)29(22-25-9-5-3-6-10-25)34(23-26-11-7-4-8-12-26)30(35)24-40-27-13-15-28(16-14-27)41(37,38)33-18-20-39-21-19-33/h2-16,29H,1,17-24H2,(H,32,36). The van der Waals surface area contributed by atoms with Gasteiger partial charge in [-0.25, -0.2) is 8.42 Å². The Kier molecular flexibility index (Phi) is 10.7. The number of hydrogen-bond acceptors (Lipinski definition) is 6.